The first-order valence-corrected chi connectivity index (χ1v) is 9.13. The summed E-state index contributed by atoms with van der Waals surface area (Å²) in [6.07, 6.45) is -1.41. The number of hydrogen-bond acceptors (Lipinski definition) is 6. The van der Waals surface area contributed by atoms with E-state index < -0.39 is 23.1 Å². The van der Waals surface area contributed by atoms with E-state index in [1.165, 1.54) is 18.3 Å². The molecule has 0 saturated carbocycles. The van der Waals surface area contributed by atoms with Crippen molar-refractivity contribution in [2.24, 2.45) is 0 Å². The minimum Gasteiger partial charge on any atom is -0.418 e. The summed E-state index contributed by atoms with van der Waals surface area (Å²) in [5.74, 6) is -0.574. The van der Waals surface area contributed by atoms with E-state index >= 15 is 0 Å². The molecule has 31 heavy (non-hydrogen) atoms. The summed E-state index contributed by atoms with van der Waals surface area (Å²) in [6.45, 7) is 0.325. The number of halogens is 4. The molecule has 2 N–H and O–H groups in total. The number of aromatic nitrogens is 3. The maximum Gasteiger partial charge on any atom is 0.416 e. The van der Waals surface area contributed by atoms with Crippen LogP contribution in [-0.4, -0.2) is 27.6 Å². The van der Waals surface area contributed by atoms with E-state index in [1.807, 2.05) is 0 Å². The summed E-state index contributed by atoms with van der Waals surface area (Å²) >= 11 is 0. The predicted octanol–water partition coefficient (Wildman–Crippen LogP) is 4.13. The zero-order chi connectivity index (χ0) is 22.1. The van der Waals surface area contributed by atoms with Gasteiger partial charge in [0.05, 0.1) is 17.6 Å². The topological polar surface area (TPSA) is 92.9 Å². The van der Waals surface area contributed by atoms with Gasteiger partial charge in [0.25, 0.3) is 5.89 Å². The Balaban J connectivity index is 1.65. The average molecular weight is 433 g/mol. The first-order chi connectivity index (χ1) is 14.8. The van der Waals surface area contributed by atoms with Crippen LogP contribution in [0.5, 0.6) is 0 Å². The Morgan fingerprint density at radius 2 is 1.94 bits per heavy atom. The van der Waals surface area contributed by atoms with Crippen molar-refractivity contribution in [3.05, 3.63) is 66.5 Å². The third kappa shape index (κ3) is 3.86. The quantitative estimate of drug-likeness (QED) is 0.588. The van der Waals surface area contributed by atoms with Crippen LogP contribution >= 0.6 is 0 Å². The number of anilines is 2. The molecule has 4 rings (SSSR count). The number of amides is 1. The number of alkyl halides is 3. The fourth-order valence-electron chi connectivity index (χ4n) is 3.26. The van der Waals surface area contributed by atoms with Crippen LogP contribution in [0.4, 0.5) is 28.9 Å². The van der Waals surface area contributed by atoms with Crippen LogP contribution in [0.15, 0.2) is 59.4 Å². The molecule has 0 bridgehead atoms. The molecule has 1 aromatic carbocycles. The van der Waals surface area contributed by atoms with Crippen molar-refractivity contribution in [1.82, 2.24) is 20.5 Å². The summed E-state index contributed by atoms with van der Waals surface area (Å²) in [5.41, 5.74) is -1.18. The number of carbonyl (C=O) groups is 1. The van der Waals surface area contributed by atoms with E-state index in [4.69, 9.17) is 4.42 Å². The smallest absolute Gasteiger partial charge is 0.416 e. The monoisotopic (exact) mass is 433 g/mol. The number of benzene rings is 1. The standard InChI is InChI=1S/C20H15F4N5O2/c21-9-7-19(8-11-26-17(19)30)18-29-28-16(31-18)15-14(2-1-10-25-15)27-13-5-3-12(4-6-13)20(22,23)24/h1-7,9-10,27H,8,11H2,(H,26,30)/b9-7+/t19-/m0/s1. The maximum absolute atomic E-state index is 12.9. The molecule has 2 aromatic heterocycles. The van der Waals surface area contributed by atoms with Gasteiger partial charge in [0, 0.05) is 18.4 Å². The number of nitrogens with one attached hydrogen (secondary N) is 2. The Kier molecular flexibility index (Phi) is 5.17. The molecule has 0 spiro atoms. The highest BCUT2D eigenvalue weighted by Gasteiger charge is 2.47. The van der Waals surface area contributed by atoms with Crippen LogP contribution in [0.2, 0.25) is 0 Å². The first kappa shape index (κ1) is 20.5. The Hall–Kier alpha value is -3.76. The zero-order valence-electron chi connectivity index (χ0n) is 15.8. The third-order valence-corrected chi connectivity index (χ3v) is 4.87. The lowest BCUT2D eigenvalue weighted by Crippen LogP contribution is -2.33. The van der Waals surface area contributed by atoms with Crippen LogP contribution in [0.25, 0.3) is 11.6 Å². The van der Waals surface area contributed by atoms with Crippen molar-refractivity contribution < 1.29 is 26.8 Å². The van der Waals surface area contributed by atoms with Gasteiger partial charge in [-0.15, -0.1) is 10.2 Å². The molecule has 1 fully saturated rings. The highest BCUT2D eigenvalue weighted by atomic mass is 19.4. The Labute approximate surface area is 173 Å². The molecule has 1 aliphatic heterocycles. The minimum absolute atomic E-state index is 0.0312. The van der Waals surface area contributed by atoms with Gasteiger partial charge in [-0.1, -0.05) is 0 Å². The SMILES string of the molecule is O=C1NCC[C@]1(/C=C/F)c1nnc(-c2ncccc2Nc2ccc(C(F)(F)F)cc2)o1. The van der Waals surface area contributed by atoms with Crippen molar-refractivity contribution >= 4 is 17.3 Å². The second-order valence-corrected chi connectivity index (χ2v) is 6.78. The summed E-state index contributed by atoms with van der Waals surface area (Å²) in [4.78, 5) is 16.5. The van der Waals surface area contributed by atoms with Gasteiger partial charge in [0.15, 0.2) is 5.69 Å². The van der Waals surface area contributed by atoms with Crippen LogP contribution in [0.1, 0.15) is 17.9 Å². The Bertz CT molecular complexity index is 1130. The summed E-state index contributed by atoms with van der Waals surface area (Å²) in [5, 5.41) is 13.4. The molecule has 3 heterocycles. The molecule has 11 heteroatoms. The maximum atomic E-state index is 12.9. The van der Waals surface area contributed by atoms with Gasteiger partial charge >= 0.3 is 6.18 Å². The molecule has 160 valence electrons. The number of hydrogen-bond donors (Lipinski definition) is 2. The van der Waals surface area contributed by atoms with E-state index in [-0.39, 0.29) is 30.2 Å². The second-order valence-electron chi connectivity index (χ2n) is 6.78. The summed E-state index contributed by atoms with van der Waals surface area (Å²) in [7, 11) is 0. The van der Waals surface area contributed by atoms with E-state index in [1.54, 1.807) is 12.1 Å². The van der Waals surface area contributed by atoms with E-state index in [0.717, 1.165) is 18.2 Å². The lowest BCUT2D eigenvalue weighted by Gasteiger charge is -2.16. The largest absolute Gasteiger partial charge is 0.418 e. The van der Waals surface area contributed by atoms with Gasteiger partial charge in [-0.3, -0.25) is 4.79 Å². The van der Waals surface area contributed by atoms with Gasteiger partial charge < -0.3 is 15.1 Å². The van der Waals surface area contributed by atoms with Crippen LogP contribution < -0.4 is 10.6 Å². The predicted molar refractivity (Wildman–Crippen MR) is 102 cm³/mol. The van der Waals surface area contributed by atoms with E-state index in [0.29, 0.717) is 17.9 Å². The van der Waals surface area contributed by atoms with Gasteiger partial charge in [0.1, 0.15) is 5.41 Å². The van der Waals surface area contributed by atoms with Crippen molar-refractivity contribution in [1.29, 1.82) is 0 Å². The summed E-state index contributed by atoms with van der Waals surface area (Å²) in [6, 6.07) is 7.71. The highest BCUT2D eigenvalue weighted by molar-refractivity contribution is 5.91. The second kappa shape index (κ2) is 7.82. The third-order valence-electron chi connectivity index (χ3n) is 4.87. The highest BCUT2D eigenvalue weighted by Crippen LogP contribution is 2.36. The van der Waals surface area contributed by atoms with Crippen molar-refractivity contribution in [2.75, 3.05) is 11.9 Å². The lowest BCUT2D eigenvalue weighted by atomic mass is 9.86. The molecule has 1 aliphatic rings. The normalized spacial score (nSPS) is 19.0. The molecule has 1 saturated heterocycles. The van der Waals surface area contributed by atoms with Crippen molar-refractivity contribution in [2.45, 2.75) is 18.0 Å². The fraction of sp³-hybridized carbons (Fsp3) is 0.200. The zero-order valence-corrected chi connectivity index (χ0v) is 15.8. The molecular formula is C20H15F4N5O2. The molecule has 1 atom stereocenters. The molecule has 1 amide bonds. The van der Waals surface area contributed by atoms with Gasteiger partial charge in [-0.25, -0.2) is 9.37 Å². The van der Waals surface area contributed by atoms with Gasteiger partial charge in [-0.05, 0) is 48.9 Å². The van der Waals surface area contributed by atoms with Crippen molar-refractivity contribution in [3.63, 3.8) is 0 Å². The van der Waals surface area contributed by atoms with Crippen LogP contribution in [0.3, 0.4) is 0 Å². The van der Waals surface area contributed by atoms with Crippen LogP contribution in [0, 0.1) is 0 Å². The number of pyridine rings is 1. The molecule has 0 aliphatic carbocycles. The number of carbonyl (C=O) groups excluding carboxylic acids is 1. The average Bonchev–Trinajstić information content (AvgIpc) is 3.37. The first-order valence-electron chi connectivity index (χ1n) is 9.13. The van der Waals surface area contributed by atoms with Gasteiger partial charge in [-0.2, -0.15) is 13.2 Å². The van der Waals surface area contributed by atoms with Crippen molar-refractivity contribution in [3.8, 4) is 11.6 Å². The molecule has 0 unspecified atom stereocenters. The lowest BCUT2D eigenvalue weighted by molar-refractivity contribution is -0.137. The minimum atomic E-state index is -4.44. The molecular weight excluding hydrogens is 418 g/mol. The Morgan fingerprint density at radius 1 is 1.16 bits per heavy atom. The number of rotatable bonds is 5. The molecule has 3 aromatic rings. The summed E-state index contributed by atoms with van der Waals surface area (Å²) < 4.78 is 56.9. The van der Waals surface area contributed by atoms with E-state index in [9.17, 15) is 22.4 Å². The van der Waals surface area contributed by atoms with Crippen LogP contribution in [-0.2, 0) is 16.4 Å². The van der Waals surface area contributed by atoms with E-state index in [2.05, 4.69) is 25.8 Å². The fourth-order valence-corrected chi connectivity index (χ4v) is 3.26. The molecule has 0 radical (unpaired) electrons. The Morgan fingerprint density at radius 3 is 2.58 bits per heavy atom. The number of nitrogens with zero attached hydrogens (tertiary/aromatic N) is 3. The van der Waals surface area contributed by atoms with Gasteiger partial charge in [0.2, 0.25) is 11.8 Å². The molecule has 7 nitrogen and oxygen atoms in total.